The summed E-state index contributed by atoms with van der Waals surface area (Å²) in [6.45, 7) is 0. The fraction of sp³-hybridized carbons (Fsp3) is 0.300. The third-order valence-electron chi connectivity index (χ3n) is 2.27. The third-order valence-corrected chi connectivity index (χ3v) is 4.01. The predicted molar refractivity (Wildman–Crippen MR) is 64.9 cm³/mol. The molecular formula is C10H12N2O5S. The van der Waals surface area contributed by atoms with E-state index in [-0.39, 0.29) is 11.3 Å². The molecule has 0 N–H and O–H groups in total. The van der Waals surface area contributed by atoms with Crippen molar-refractivity contribution in [2.24, 2.45) is 0 Å². The summed E-state index contributed by atoms with van der Waals surface area (Å²) in [5, 5.41) is 10.4. The second-order valence-corrected chi connectivity index (χ2v) is 5.95. The lowest BCUT2D eigenvalue weighted by molar-refractivity contribution is -0.384. The van der Waals surface area contributed by atoms with E-state index in [2.05, 4.69) is 0 Å². The van der Waals surface area contributed by atoms with Crippen LogP contribution in [-0.4, -0.2) is 43.3 Å². The Balaban J connectivity index is 2.89. The van der Waals surface area contributed by atoms with Crippen molar-refractivity contribution >= 4 is 21.5 Å². The normalized spacial score (nSPS) is 11.5. The highest BCUT2D eigenvalue weighted by molar-refractivity contribution is 7.89. The van der Waals surface area contributed by atoms with Crippen LogP contribution in [-0.2, 0) is 10.0 Å². The van der Waals surface area contributed by atoms with Gasteiger partial charge in [-0.1, -0.05) is 0 Å². The molecule has 8 heteroatoms. The molecule has 0 aliphatic heterocycles. The molecule has 0 saturated carbocycles. The number of carbonyl (C=O) groups is 1. The molecule has 1 aromatic rings. The van der Waals surface area contributed by atoms with Gasteiger partial charge in [-0.05, 0) is 12.1 Å². The highest BCUT2D eigenvalue weighted by atomic mass is 32.2. The molecule has 0 atom stereocenters. The molecular weight excluding hydrogens is 260 g/mol. The summed E-state index contributed by atoms with van der Waals surface area (Å²) in [5.41, 5.74) is -0.0203. The van der Waals surface area contributed by atoms with E-state index in [1.54, 1.807) is 0 Å². The first-order valence-corrected chi connectivity index (χ1v) is 6.53. The number of non-ortho nitro benzene ring substituents is 1. The molecule has 0 spiro atoms. The van der Waals surface area contributed by atoms with E-state index in [9.17, 15) is 23.3 Å². The number of hydrogen-bond donors (Lipinski definition) is 0. The maximum Gasteiger partial charge on any atom is 0.269 e. The van der Waals surface area contributed by atoms with Gasteiger partial charge in [0.15, 0.2) is 5.78 Å². The van der Waals surface area contributed by atoms with Crippen LogP contribution in [0.15, 0.2) is 24.3 Å². The Bertz CT molecular complexity index is 562. The number of nitro groups is 1. The van der Waals surface area contributed by atoms with Crippen molar-refractivity contribution in [2.45, 2.75) is 0 Å². The van der Waals surface area contributed by atoms with Crippen molar-refractivity contribution in [3.8, 4) is 0 Å². The minimum atomic E-state index is -3.62. The highest BCUT2D eigenvalue weighted by Crippen LogP contribution is 2.13. The molecule has 0 radical (unpaired) electrons. The van der Waals surface area contributed by atoms with E-state index in [0.29, 0.717) is 0 Å². The van der Waals surface area contributed by atoms with Gasteiger partial charge in [0.1, 0.15) is 5.75 Å². The van der Waals surface area contributed by atoms with E-state index in [0.717, 1.165) is 16.4 Å². The summed E-state index contributed by atoms with van der Waals surface area (Å²) in [4.78, 5) is 21.5. The molecule has 0 saturated heterocycles. The highest BCUT2D eigenvalue weighted by Gasteiger charge is 2.20. The maximum atomic E-state index is 11.7. The second kappa shape index (κ2) is 5.23. The van der Waals surface area contributed by atoms with E-state index in [1.165, 1.54) is 26.2 Å². The molecule has 0 aromatic heterocycles. The van der Waals surface area contributed by atoms with Gasteiger partial charge in [0, 0.05) is 31.8 Å². The molecule has 0 fully saturated rings. The van der Waals surface area contributed by atoms with E-state index in [1.807, 2.05) is 0 Å². The van der Waals surface area contributed by atoms with Crippen LogP contribution in [0.25, 0.3) is 0 Å². The Kier molecular flexibility index (Phi) is 4.15. The minimum absolute atomic E-state index is 0.131. The zero-order valence-electron chi connectivity index (χ0n) is 9.86. The standard InChI is InChI=1S/C10H12N2O5S/c1-11(2)18(16,17)7-10(13)8-3-5-9(6-4-8)12(14)15/h3-6H,7H2,1-2H3. The van der Waals surface area contributed by atoms with Gasteiger partial charge in [-0.15, -0.1) is 0 Å². The SMILES string of the molecule is CN(C)S(=O)(=O)CC(=O)c1ccc([N+](=O)[O-])cc1. The van der Waals surface area contributed by atoms with Crippen molar-refractivity contribution in [2.75, 3.05) is 19.8 Å². The number of carbonyl (C=O) groups excluding carboxylic acids is 1. The van der Waals surface area contributed by atoms with Crippen LogP contribution in [0.5, 0.6) is 0 Å². The zero-order valence-corrected chi connectivity index (χ0v) is 10.7. The van der Waals surface area contributed by atoms with Crippen LogP contribution < -0.4 is 0 Å². The first kappa shape index (κ1) is 14.3. The molecule has 1 rings (SSSR count). The summed E-state index contributed by atoms with van der Waals surface area (Å²) in [7, 11) is -0.959. The Morgan fingerprint density at radius 1 is 1.28 bits per heavy atom. The molecule has 0 unspecified atom stereocenters. The molecule has 0 aliphatic rings. The molecule has 18 heavy (non-hydrogen) atoms. The number of nitrogens with zero attached hydrogens (tertiary/aromatic N) is 2. The molecule has 0 aliphatic carbocycles. The molecule has 0 amide bonds. The van der Waals surface area contributed by atoms with Gasteiger partial charge in [-0.2, -0.15) is 0 Å². The lowest BCUT2D eigenvalue weighted by Gasteiger charge is -2.10. The molecule has 0 heterocycles. The van der Waals surface area contributed by atoms with Crippen LogP contribution in [0.1, 0.15) is 10.4 Å². The number of sulfonamides is 1. The Labute approximate surface area is 104 Å². The number of rotatable bonds is 5. The number of benzene rings is 1. The van der Waals surface area contributed by atoms with Gasteiger partial charge >= 0.3 is 0 Å². The van der Waals surface area contributed by atoms with Crippen LogP contribution in [0.3, 0.4) is 0 Å². The number of nitro benzene ring substituents is 1. The van der Waals surface area contributed by atoms with Crippen LogP contribution in [0.2, 0.25) is 0 Å². The minimum Gasteiger partial charge on any atom is -0.293 e. The fourth-order valence-electron chi connectivity index (χ4n) is 1.15. The van der Waals surface area contributed by atoms with Gasteiger partial charge in [-0.3, -0.25) is 14.9 Å². The molecule has 7 nitrogen and oxygen atoms in total. The zero-order chi connectivity index (χ0) is 13.9. The summed E-state index contributed by atoms with van der Waals surface area (Å²) in [5.74, 6) is -1.25. The third kappa shape index (κ3) is 3.34. The van der Waals surface area contributed by atoms with E-state index < -0.39 is 26.5 Å². The van der Waals surface area contributed by atoms with E-state index >= 15 is 0 Å². The number of Topliss-reactive ketones (excluding diaryl/α,β-unsaturated/α-hetero) is 1. The van der Waals surface area contributed by atoms with Crippen molar-refractivity contribution in [1.29, 1.82) is 0 Å². The quantitative estimate of drug-likeness (QED) is 0.445. The Morgan fingerprint density at radius 3 is 2.17 bits per heavy atom. The number of ketones is 1. The van der Waals surface area contributed by atoms with Crippen molar-refractivity contribution in [3.63, 3.8) is 0 Å². The van der Waals surface area contributed by atoms with Gasteiger partial charge < -0.3 is 0 Å². The first-order chi connectivity index (χ1) is 8.24. The lowest BCUT2D eigenvalue weighted by Crippen LogP contribution is -2.29. The number of hydrogen-bond acceptors (Lipinski definition) is 5. The topological polar surface area (TPSA) is 97.6 Å². The van der Waals surface area contributed by atoms with Crippen LogP contribution >= 0.6 is 0 Å². The Morgan fingerprint density at radius 2 is 1.78 bits per heavy atom. The van der Waals surface area contributed by atoms with Gasteiger partial charge in [-0.25, -0.2) is 12.7 Å². The van der Waals surface area contributed by atoms with E-state index in [4.69, 9.17) is 0 Å². The predicted octanol–water partition coefficient (Wildman–Crippen LogP) is 0.669. The fourth-order valence-corrected chi connectivity index (χ4v) is 1.90. The summed E-state index contributed by atoms with van der Waals surface area (Å²) in [6.07, 6.45) is 0. The smallest absolute Gasteiger partial charge is 0.269 e. The average Bonchev–Trinajstić information content (AvgIpc) is 2.28. The summed E-state index contributed by atoms with van der Waals surface area (Å²) >= 11 is 0. The summed E-state index contributed by atoms with van der Waals surface area (Å²) < 4.78 is 23.9. The molecule has 98 valence electrons. The van der Waals surface area contributed by atoms with Crippen molar-refractivity contribution in [1.82, 2.24) is 4.31 Å². The van der Waals surface area contributed by atoms with Crippen LogP contribution in [0, 0.1) is 10.1 Å². The monoisotopic (exact) mass is 272 g/mol. The first-order valence-electron chi connectivity index (χ1n) is 4.92. The van der Waals surface area contributed by atoms with Crippen LogP contribution in [0.4, 0.5) is 5.69 Å². The maximum absolute atomic E-state index is 11.7. The molecule has 0 bridgehead atoms. The van der Waals surface area contributed by atoms with Gasteiger partial charge in [0.05, 0.1) is 4.92 Å². The summed E-state index contributed by atoms with van der Waals surface area (Å²) in [6, 6.07) is 4.81. The van der Waals surface area contributed by atoms with Gasteiger partial charge in [0.2, 0.25) is 10.0 Å². The second-order valence-electron chi connectivity index (χ2n) is 3.77. The van der Waals surface area contributed by atoms with Crippen molar-refractivity contribution < 1.29 is 18.1 Å². The van der Waals surface area contributed by atoms with Crippen molar-refractivity contribution in [3.05, 3.63) is 39.9 Å². The molecule has 1 aromatic carbocycles. The average molecular weight is 272 g/mol. The largest absolute Gasteiger partial charge is 0.293 e. The lowest BCUT2D eigenvalue weighted by atomic mass is 10.1. The Hall–Kier alpha value is -1.80. The van der Waals surface area contributed by atoms with Gasteiger partial charge in [0.25, 0.3) is 5.69 Å².